The average Bonchev–Trinajstić information content (AvgIpc) is 3.61. The molecule has 9 aromatic rings. The van der Waals surface area contributed by atoms with Gasteiger partial charge in [0.15, 0.2) is 0 Å². The largest absolute Gasteiger partial charge is 0.319 e. The molecule has 0 bridgehead atoms. The summed E-state index contributed by atoms with van der Waals surface area (Å²) in [5.74, 6) is 0.937. The van der Waals surface area contributed by atoms with Crippen molar-refractivity contribution in [2.24, 2.45) is 0 Å². The maximum Gasteiger partial charge on any atom is 0.268 e. The molecule has 4 nitrogen and oxygen atoms in total. The first-order chi connectivity index (χ1) is 20.9. The first kappa shape index (κ1) is 22.2. The minimum Gasteiger partial charge on any atom is -0.319 e. The zero-order valence-electron chi connectivity index (χ0n) is 22.6. The van der Waals surface area contributed by atoms with E-state index in [1.54, 1.807) is 0 Å². The van der Waals surface area contributed by atoms with E-state index in [9.17, 15) is 0 Å². The van der Waals surface area contributed by atoms with Crippen molar-refractivity contribution in [3.63, 3.8) is 0 Å². The van der Waals surface area contributed by atoms with E-state index in [0.29, 0.717) is 0 Å². The first-order valence-corrected chi connectivity index (χ1v) is 14.5. The van der Waals surface area contributed by atoms with E-state index in [4.69, 9.17) is 4.98 Å². The molecule has 0 aliphatic carbocycles. The van der Waals surface area contributed by atoms with Crippen LogP contribution in [0.1, 0.15) is 0 Å². The van der Waals surface area contributed by atoms with Gasteiger partial charge in [-0.15, -0.1) is 0 Å². The van der Waals surface area contributed by atoms with Crippen LogP contribution >= 0.6 is 0 Å². The molecule has 194 valence electrons. The Morgan fingerprint density at radius 2 is 1.26 bits per heavy atom. The van der Waals surface area contributed by atoms with E-state index in [1.807, 2.05) is 0 Å². The fraction of sp³-hybridized carbons (Fsp3) is 0. The lowest BCUT2D eigenvalue weighted by Crippen LogP contribution is -2.58. The van der Waals surface area contributed by atoms with E-state index in [0.717, 1.165) is 22.5 Å². The minimum atomic E-state index is 0.0356. The summed E-state index contributed by atoms with van der Waals surface area (Å²) >= 11 is 0. The van der Waals surface area contributed by atoms with Gasteiger partial charge in [0.2, 0.25) is 5.78 Å². The third-order valence-corrected chi connectivity index (χ3v) is 9.07. The van der Waals surface area contributed by atoms with Gasteiger partial charge in [-0.2, -0.15) is 0 Å². The number of aromatic nitrogens is 4. The van der Waals surface area contributed by atoms with Crippen molar-refractivity contribution in [3.05, 3.63) is 140 Å². The topological polar surface area (TPSA) is 27.2 Å². The molecule has 3 aromatic heterocycles. The quantitative estimate of drug-likeness (QED) is 0.237. The Labute approximate surface area is 241 Å². The zero-order chi connectivity index (χ0) is 27.4. The first-order valence-electron chi connectivity index (χ1n) is 14.5. The van der Waals surface area contributed by atoms with E-state index in [-0.39, 0.29) is 6.71 Å². The second-order valence-corrected chi connectivity index (χ2v) is 11.2. The van der Waals surface area contributed by atoms with Crippen molar-refractivity contribution in [2.75, 3.05) is 0 Å². The molecule has 10 rings (SSSR count). The zero-order valence-corrected chi connectivity index (χ0v) is 22.6. The van der Waals surface area contributed by atoms with Crippen molar-refractivity contribution in [1.29, 1.82) is 0 Å². The number of hydrogen-bond acceptors (Lipinski definition) is 1. The molecule has 0 N–H and O–H groups in total. The Balaban J connectivity index is 1.53. The number of benzene rings is 6. The second-order valence-electron chi connectivity index (χ2n) is 11.2. The van der Waals surface area contributed by atoms with Gasteiger partial charge in [0.05, 0.1) is 33.3 Å². The molecule has 4 heterocycles. The Hall–Kier alpha value is -5.55. The van der Waals surface area contributed by atoms with Crippen molar-refractivity contribution < 1.29 is 0 Å². The molecular formula is C37H23BN4. The van der Waals surface area contributed by atoms with E-state index < -0.39 is 0 Å². The lowest BCUT2D eigenvalue weighted by molar-refractivity contribution is 1.06. The van der Waals surface area contributed by atoms with E-state index >= 15 is 0 Å². The van der Waals surface area contributed by atoms with Crippen molar-refractivity contribution in [3.8, 4) is 11.4 Å². The summed E-state index contributed by atoms with van der Waals surface area (Å²) in [4.78, 5) is 5.33. The van der Waals surface area contributed by atoms with Crippen LogP contribution in [0.25, 0.3) is 60.9 Å². The van der Waals surface area contributed by atoms with Crippen LogP contribution < -0.4 is 16.5 Å². The number of hydrogen-bond donors (Lipinski definition) is 0. The Kier molecular flexibility index (Phi) is 4.23. The predicted molar refractivity (Wildman–Crippen MR) is 175 cm³/mol. The van der Waals surface area contributed by atoms with Crippen LogP contribution in [0.5, 0.6) is 0 Å². The molecule has 0 atom stereocenters. The van der Waals surface area contributed by atoms with Gasteiger partial charge >= 0.3 is 0 Å². The number of fused-ring (bicyclic) bond motifs is 9. The highest BCUT2D eigenvalue weighted by Gasteiger charge is 2.39. The van der Waals surface area contributed by atoms with Crippen LogP contribution in [0.3, 0.4) is 0 Å². The van der Waals surface area contributed by atoms with Gasteiger partial charge in [-0.25, -0.2) is 4.98 Å². The van der Waals surface area contributed by atoms with Crippen molar-refractivity contribution in [2.45, 2.75) is 0 Å². The lowest BCUT2D eigenvalue weighted by atomic mass is 9.37. The third kappa shape index (κ3) is 2.70. The Bertz CT molecular complexity index is 2520. The molecule has 0 unspecified atom stereocenters. The molecule has 0 amide bonds. The molecule has 0 saturated carbocycles. The lowest BCUT2D eigenvalue weighted by Gasteiger charge is -2.30. The second kappa shape index (κ2) is 8.02. The monoisotopic (exact) mass is 534 g/mol. The molecule has 5 heteroatoms. The number of para-hydroxylation sites is 4. The van der Waals surface area contributed by atoms with Gasteiger partial charge in [0, 0.05) is 22.1 Å². The standard InChI is InChI=1S/C37H23BN4/c1-3-13-25(14-4-1)38-28-23-22-24-12-11-21-32-33(24)35(28)42(37-39-29-18-8-10-20-31(29)41(32)37)34-27-17-7-9-19-30(27)40(36(34)38)26-15-5-2-6-16-26/h1-23H. The maximum absolute atomic E-state index is 5.33. The van der Waals surface area contributed by atoms with Gasteiger partial charge in [-0.05, 0) is 47.2 Å². The van der Waals surface area contributed by atoms with Crippen LogP contribution in [0.2, 0.25) is 0 Å². The highest BCUT2D eigenvalue weighted by molar-refractivity contribution is 6.98. The summed E-state index contributed by atoms with van der Waals surface area (Å²) in [5.41, 5.74) is 11.9. The molecule has 6 aromatic carbocycles. The van der Waals surface area contributed by atoms with E-state index in [1.165, 1.54) is 54.9 Å². The SMILES string of the molecule is c1ccc(B2c3ccc4cccc5c4c3n(c3nc4ccccc4n53)-c3c2n(-c2ccccc2)c2ccccc32)cc1. The Morgan fingerprint density at radius 3 is 2.12 bits per heavy atom. The van der Waals surface area contributed by atoms with Crippen LogP contribution in [0, 0.1) is 0 Å². The van der Waals surface area contributed by atoms with Gasteiger partial charge in [0.25, 0.3) is 6.71 Å². The molecule has 0 fully saturated rings. The number of rotatable bonds is 2. The molecule has 0 spiro atoms. The van der Waals surface area contributed by atoms with Crippen LogP contribution in [-0.4, -0.2) is 25.2 Å². The Morgan fingerprint density at radius 1 is 0.548 bits per heavy atom. The molecular weight excluding hydrogens is 511 g/mol. The van der Waals surface area contributed by atoms with Gasteiger partial charge in [-0.1, -0.05) is 109 Å². The normalized spacial score (nSPS) is 12.7. The van der Waals surface area contributed by atoms with Crippen molar-refractivity contribution in [1.82, 2.24) is 18.5 Å². The molecule has 1 aliphatic heterocycles. The highest BCUT2D eigenvalue weighted by atomic mass is 15.2. The summed E-state index contributed by atoms with van der Waals surface area (Å²) < 4.78 is 7.29. The number of imidazole rings is 1. The smallest absolute Gasteiger partial charge is 0.268 e. The van der Waals surface area contributed by atoms with Gasteiger partial charge in [-0.3, -0.25) is 8.97 Å². The highest BCUT2D eigenvalue weighted by Crippen LogP contribution is 2.37. The summed E-state index contributed by atoms with van der Waals surface area (Å²) in [6.45, 7) is 0.0356. The molecule has 0 radical (unpaired) electrons. The average molecular weight is 534 g/mol. The van der Waals surface area contributed by atoms with Gasteiger partial charge < -0.3 is 4.57 Å². The van der Waals surface area contributed by atoms with Crippen molar-refractivity contribution >= 4 is 72.8 Å². The molecule has 0 saturated heterocycles. The third-order valence-electron chi connectivity index (χ3n) is 9.07. The number of nitrogens with zero attached hydrogens (tertiary/aromatic N) is 4. The fourth-order valence-corrected chi connectivity index (χ4v) is 7.46. The summed E-state index contributed by atoms with van der Waals surface area (Å²) in [6.07, 6.45) is 0. The summed E-state index contributed by atoms with van der Waals surface area (Å²) in [7, 11) is 0. The fourth-order valence-electron chi connectivity index (χ4n) is 7.46. The molecule has 42 heavy (non-hydrogen) atoms. The minimum absolute atomic E-state index is 0.0356. The maximum atomic E-state index is 5.33. The van der Waals surface area contributed by atoms with Crippen LogP contribution in [0.15, 0.2) is 140 Å². The summed E-state index contributed by atoms with van der Waals surface area (Å²) in [5, 5.41) is 3.73. The van der Waals surface area contributed by atoms with Crippen LogP contribution in [-0.2, 0) is 0 Å². The van der Waals surface area contributed by atoms with E-state index in [2.05, 4.69) is 153 Å². The molecule has 1 aliphatic rings. The predicted octanol–water partition coefficient (Wildman–Crippen LogP) is 6.36. The van der Waals surface area contributed by atoms with Gasteiger partial charge in [0.1, 0.15) is 0 Å². The van der Waals surface area contributed by atoms with Crippen LogP contribution in [0.4, 0.5) is 0 Å². The summed E-state index contributed by atoms with van der Waals surface area (Å²) in [6, 6.07) is 50.4.